The first-order valence-corrected chi connectivity index (χ1v) is 3.28. The molecule has 0 aromatic heterocycles. The van der Waals surface area contributed by atoms with Gasteiger partial charge >= 0.3 is 0 Å². The molecule has 0 aliphatic carbocycles. The van der Waals surface area contributed by atoms with Gasteiger partial charge < -0.3 is 15.6 Å². The minimum absolute atomic E-state index is 0.142. The molecule has 0 saturated carbocycles. The molecular weight excluding hydrogens is 118 g/mol. The van der Waals surface area contributed by atoms with Crippen molar-refractivity contribution in [2.45, 2.75) is 12.5 Å². The van der Waals surface area contributed by atoms with Crippen molar-refractivity contribution >= 4 is 0 Å². The number of aliphatic hydroxyl groups is 1. The molecule has 3 N–H and O–H groups in total. The third-order valence-corrected chi connectivity index (χ3v) is 1.77. The molecule has 0 bridgehead atoms. The lowest BCUT2D eigenvalue weighted by Crippen LogP contribution is -2.40. The van der Waals surface area contributed by atoms with Crippen LogP contribution in [-0.2, 0) is 4.74 Å². The van der Waals surface area contributed by atoms with E-state index in [0.717, 1.165) is 13.0 Å². The maximum atomic E-state index is 8.70. The van der Waals surface area contributed by atoms with Crippen LogP contribution in [0.25, 0.3) is 0 Å². The van der Waals surface area contributed by atoms with Crippen LogP contribution < -0.4 is 5.73 Å². The molecule has 2 atom stereocenters. The largest absolute Gasteiger partial charge is 0.396 e. The highest BCUT2D eigenvalue weighted by molar-refractivity contribution is 4.74. The highest BCUT2D eigenvalue weighted by Crippen LogP contribution is 2.10. The molecule has 1 aliphatic heterocycles. The normalized spacial score (nSPS) is 36.7. The number of rotatable bonds is 1. The smallest absolute Gasteiger partial charge is 0.0531 e. The summed E-state index contributed by atoms with van der Waals surface area (Å²) in [5.41, 5.74) is 5.65. The molecule has 1 rings (SSSR count). The lowest BCUT2D eigenvalue weighted by molar-refractivity contribution is 0.0179. The second-order valence-electron chi connectivity index (χ2n) is 2.47. The Labute approximate surface area is 54.8 Å². The molecule has 0 amide bonds. The molecule has 3 nitrogen and oxygen atoms in total. The number of hydrogen-bond donors (Lipinski definition) is 2. The van der Waals surface area contributed by atoms with Crippen molar-refractivity contribution in [3.63, 3.8) is 0 Å². The summed E-state index contributed by atoms with van der Waals surface area (Å²) in [4.78, 5) is 0. The molecule has 0 aromatic rings. The third kappa shape index (κ3) is 1.64. The van der Waals surface area contributed by atoms with Crippen molar-refractivity contribution in [3.05, 3.63) is 0 Å². The van der Waals surface area contributed by atoms with Gasteiger partial charge in [0.15, 0.2) is 0 Å². The predicted molar refractivity (Wildman–Crippen MR) is 34.0 cm³/mol. The first kappa shape index (κ1) is 6.99. The van der Waals surface area contributed by atoms with Crippen molar-refractivity contribution in [2.75, 3.05) is 19.8 Å². The highest BCUT2D eigenvalue weighted by Gasteiger charge is 2.20. The summed E-state index contributed by atoms with van der Waals surface area (Å²) < 4.78 is 5.10. The molecule has 0 unspecified atom stereocenters. The lowest BCUT2D eigenvalue weighted by Gasteiger charge is -2.26. The zero-order chi connectivity index (χ0) is 6.69. The van der Waals surface area contributed by atoms with Gasteiger partial charge in [-0.25, -0.2) is 0 Å². The van der Waals surface area contributed by atoms with E-state index in [-0.39, 0.29) is 18.6 Å². The fourth-order valence-electron chi connectivity index (χ4n) is 1.00. The molecule has 54 valence electrons. The van der Waals surface area contributed by atoms with Gasteiger partial charge in [-0.2, -0.15) is 0 Å². The number of nitrogens with two attached hydrogens (primary N) is 1. The summed E-state index contributed by atoms with van der Waals surface area (Å²) in [7, 11) is 0. The Balaban J connectivity index is 2.30. The van der Waals surface area contributed by atoms with Crippen LogP contribution in [0.2, 0.25) is 0 Å². The van der Waals surface area contributed by atoms with Crippen LogP contribution in [0.3, 0.4) is 0 Å². The van der Waals surface area contributed by atoms with E-state index >= 15 is 0 Å². The average Bonchev–Trinajstić information content (AvgIpc) is 1.89. The van der Waals surface area contributed by atoms with Gasteiger partial charge in [0.1, 0.15) is 0 Å². The van der Waals surface area contributed by atoms with E-state index in [9.17, 15) is 0 Å². The van der Waals surface area contributed by atoms with E-state index in [2.05, 4.69) is 0 Å². The van der Waals surface area contributed by atoms with Crippen LogP contribution in [0, 0.1) is 5.92 Å². The first-order chi connectivity index (χ1) is 4.34. The van der Waals surface area contributed by atoms with Gasteiger partial charge in [0.05, 0.1) is 6.61 Å². The summed E-state index contributed by atoms with van der Waals surface area (Å²) in [5.74, 6) is 0.166. The number of ether oxygens (including phenoxy) is 1. The SMILES string of the molecule is N[C@H]1CCOC[C@H]1CO. The van der Waals surface area contributed by atoms with Gasteiger partial charge in [-0.15, -0.1) is 0 Å². The van der Waals surface area contributed by atoms with E-state index in [0.29, 0.717) is 6.61 Å². The monoisotopic (exact) mass is 131 g/mol. The Morgan fingerprint density at radius 2 is 2.44 bits per heavy atom. The molecule has 0 aromatic carbocycles. The molecule has 0 radical (unpaired) electrons. The van der Waals surface area contributed by atoms with E-state index in [1.54, 1.807) is 0 Å². The molecule has 1 aliphatic rings. The molecule has 1 fully saturated rings. The summed E-state index contributed by atoms with van der Waals surface area (Å²) in [5, 5.41) is 8.70. The summed E-state index contributed by atoms with van der Waals surface area (Å²) in [6.07, 6.45) is 0.880. The topological polar surface area (TPSA) is 55.5 Å². The maximum absolute atomic E-state index is 8.70. The fourth-order valence-corrected chi connectivity index (χ4v) is 1.00. The standard InChI is InChI=1S/C6H13NO2/c7-6-1-2-9-4-5(6)3-8/h5-6,8H,1-4,7H2/t5-,6+/m1/s1. The molecule has 1 heterocycles. The van der Waals surface area contributed by atoms with E-state index in [4.69, 9.17) is 15.6 Å². The van der Waals surface area contributed by atoms with Gasteiger partial charge in [0, 0.05) is 25.2 Å². The van der Waals surface area contributed by atoms with Crippen LogP contribution in [-0.4, -0.2) is 31.0 Å². The third-order valence-electron chi connectivity index (χ3n) is 1.77. The van der Waals surface area contributed by atoms with Crippen molar-refractivity contribution in [1.82, 2.24) is 0 Å². The minimum atomic E-state index is 0.142. The van der Waals surface area contributed by atoms with Crippen LogP contribution in [0.1, 0.15) is 6.42 Å². The molecule has 3 heteroatoms. The van der Waals surface area contributed by atoms with Crippen molar-refractivity contribution in [3.8, 4) is 0 Å². The Hall–Kier alpha value is -0.120. The quantitative estimate of drug-likeness (QED) is 0.497. The molecular formula is C6H13NO2. The van der Waals surface area contributed by atoms with E-state index in [1.807, 2.05) is 0 Å². The average molecular weight is 131 g/mol. The minimum Gasteiger partial charge on any atom is -0.396 e. The Bertz CT molecular complexity index is 87.1. The fraction of sp³-hybridized carbons (Fsp3) is 1.00. The van der Waals surface area contributed by atoms with Gasteiger partial charge in [-0.3, -0.25) is 0 Å². The van der Waals surface area contributed by atoms with Crippen molar-refractivity contribution in [1.29, 1.82) is 0 Å². The van der Waals surface area contributed by atoms with E-state index in [1.165, 1.54) is 0 Å². The molecule has 9 heavy (non-hydrogen) atoms. The van der Waals surface area contributed by atoms with Gasteiger partial charge in [-0.05, 0) is 6.42 Å². The zero-order valence-corrected chi connectivity index (χ0v) is 5.42. The van der Waals surface area contributed by atoms with Gasteiger partial charge in [0.25, 0.3) is 0 Å². The summed E-state index contributed by atoms with van der Waals surface area (Å²) in [6, 6.07) is 0.142. The lowest BCUT2D eigenvalue weighted by atomic mass is 9.98. The molecule has 0 spiro atoms. The van der Waals surface area contributed by atoms with Crippen LogP contribution in [0.15, 0.2) is 0 Å². The van der Waals surface area contributed by atoms with Gasteiger partial charge in [0.2, 0.25) is 0 Å². The maximum Gasteiger partial charge on any atom is 0.0531 e. The van der Waals surface area contributed by atoms with Crippen LogP contribution >= 0.6 is 0 Å². The first-order valence-electron chi connectivity index (χ1n) is 3.28. The summed E-state index contributed by atoms with van der Waals surface area (Å²) in [6.45, 7) is 1.52. The predicted octanol–water partition coefficient (Wildman–Crippen LogP) is -0.658. The second kappa shape index (κ2) is 3.15. The molecule has 1 saturated heterocycles. The highest BCUT2D eigenvalue weighted by atomic mass is 16.5. The Morgan fingerprint density at radius 3 is 2.89 bits per heavy atom. The Kier molecular flexibility index (Phi) is 2.45. The summed E-state index contributed by atoms with van der Waals surface area (Å²) >= 11 is 0. The van der Waals surface area contributed by atoms with Crippen LogP contribution in [0.5, 0.6) is 0 Å². The zero-order valence-electron chi connectivity index (χ0n) is 5.42. The van der Waals surface area contributed by atoms with Crippen LogP contribution in [0.4, 0.5) is 0 Å². The second-order valence-corrected chi connectivity index (χ2v) is 2.47. The number of aliphatic hydroxyl groups excluding tert-OH is 1. The van der Waals surface area contributed by atoms with E-state index < -0.39 is 0 Å². The number of hydrogen-bond acceptors (Lipinski definition) is 3. The van der Waals surface area contributed by atoms with Crippen molar-refractivity contribution in [2.24, 2.45) is 11.7 Å². The van der Waals surface area contributed by atoms with Crippen molar-refractivity contribution < 1.29 is 9.84 Å². The van der Waals surface area contributed by atoms with Gasteiger partial charge in [-0.1, -0.05) is 0 Å². The Morgan fingerprint density at radius 1 is 1.67 bits per heavy atom.